The fraction of sp³-hybridized carbons (Fsp3) is 0.188. The maximum atomic E-state index is 12.9. The summed E-state index contributed by atoms with van der Waals surface area (Å²) in [6, 6.07) is 21.7. The second kappa shape index (κ2) is 13.5. The molecule has 6 nitrogen and oxygen atoms in total. The number of aromatic nitrogens is 1. The van der Waals surface area contributed by atoms with Crippen LogP contribution < -0.4 is 14.8 Å². The van der Waals surface area contributed by atoms with Crippen molar-refractivity contribution in [3.63, 3.8) is 0 Å². The molecule has 0 bridgehead atoms. The number of carbonyl (C=O) groups is 1. The molecule has 0 aliphatic carbocycles. The molecule has 0 unspecified atom stereocenters. The predicted octanol–water partition coefficient (Wildman–Crippen LogP) is 6.90. The van der Waals surface area contributed by atoms with Crippen molar-refractivity contribution in [2.75, 3.05) is 13.2 Å². The van der Waals surface area contributed by atoms with Crippen molar-refractivity contribution in [2.24, 2.45) is 0 Å². The van der Waals surface area contributed by atoms with Crippen molar-refractivity contribution >= 4 is 38.8 Å². The molecule has 7 heteroatoms. The molecule has 0 atom stereocenters. The largest absolute Gasteiger partial charge is 0.490 e. The molecule has 2 N–H and O–H groups in total. The van der Waals surface area contributed by atoms with Crippen LogP contribution in [0.1, 0.15) is 29.2 Å². The Morgan fingerprint density at radius 3 is 2.67 bits per heavy atom. The maximum Gasteiger partial charge on any atom is 0.261 e. The summed E-state index contributed by atoms with van der Waals surface area (Å²) in [5.74, 6) is 0.756. The zero-order chi connectivity index (χ0) is 27.6. The van der Waals surface area contributed by atoms with Gasteiger partial charge in [-0.25, -0.2) is 0 Å². The molecular weight excluding hydrogens is 554 g/mol. The molecule has 1 heterocycles. The number of rotatable bonds is 12. The lowest BCUT2D eigenvalue weighted by atomic mass is 10.0. The zero-order valence-electron chi connectivity index (χ0n) is 21.8. The molecule has 39 heavy (non-hydrogen) atoms. The second-order valence-electron chi connectivity index (χ2n) is 8.88. The highest BCUT2D eigenvalue weighted by atomic mass is 79.9. The van der Waals surface area contributed by atoms with E-state index in [1.165, 1.54) is 0 Å². The molecule has 1 amide bonds. The van der Waals surface area contributed by atoms with Gasteiger partial charge in [-0.1, -0.05) is 52.3 Å². The third-order valence-corrected chi connectivity index (χ3v) is 6.67. The summed E-state index contributed by atoms with van der Waals surface area (Å²) in [7, 11) is 0. The molecule has 0 saturated carbocycles. The highest BCUT2D eigenvalue weighted by molar-refractivity contribution is 9.10. The van der Waals surface area contributed by atoms with Gasteiger partial charge in [0.05, 0.1) is 6.61 Å². The van der Waals surface area contributed by atoms with Gasteiger partial charge in [0.25, 0.3) is 5.91 Å². The number of benzene rings is 3. The Morgan fingerprint density at radius 2 is 1.92 bits per heavy atom. The number of hydrogen-bond acceptors (Lipinski definition) is 4. The van der Waals surface area contributed by atoms with E-state index in [-0.39, 0.29) is 5.57 Å². The molecule has 1 aromatic heterocycles. The number of H-pyrrole nitrogens is 1. The van der Waals surface area contributed by atoms with Crippen LogP contribution in [0, 0.1) is 11.3 Å². The average molecular weight is 585 g/mol. The second-order valence-corrected chi connectivity index (χ2v) is 9.80. The number of nitrogens with one attached hydrogen (secondary N) is 2. The van der Waals surface area contributed by atoms with Crippen LogP contribution in [-0.2, 0) is 24.2 Å². The number of para-hydroxylation sites is 1. The lowest BCUT2D eigenvalue weighted by molar-refractivity contribution is -0.117. The van der Waals surface area contributed by atoms with Crippen LogP contribution in [0.25, 0.3) is 17.0 Å². The minimum atomic E-state index is -0.420. The summed E-state index contributed by atoms with van der Waals surface area (Å²) in [5.41, 5.74) is 4.74. The molecule has 0 spiro atoms. The number of fused-ring (bicyclic) bond motifs is 1. The van der Waals surface area contributed by atoms with Crippen LogP contribution in [0.4, 0.5) is 0 Å². The van der Waals surface area contributed by atoms with E-state index in [0.29, 0.717) is 49.7 Å². The van der Waals surface area contributed by atoms with E-state index in [9.17, 15) is 10.1 Å². The number of nitrogens with zero attached hydrogens (tertiary/aromatic N) is 1. The first-order valence-corrected chi connectivity index (χ1v) is 13.5. The third kappa shape index (κ3) is 7.18. The smallest absolute Gasteiger partial charge is 0.261 e. The van der Waals surface area contributed by atoms with Crippen LogP contribution in [0.5, 0.6) is 11.5 Å². The summed E-state index contributed by atoms with van der Waals surface area (Å²) in [6.07, 6.45) is 6.50. The van der Waals surface area contributed by atoms with E-state index in [0.717, 1.165) is 32.1 Å². The minimum absolute atomic E-state index is 0.0180. The number of carbonyl (C=O) groups excluding carboxylic acids is 1. The van der Waals surface area contributed by atoms with Crippen LogP contribution in [-0.4, -0.2) is 24.0 Å². The summed E-state index contributed by atoms with van der Waals surface area (Å²) >= 11 is 3.45. The first kappa shape index (κ1) is 27.7. The summed E-state index contributed by atoms with van der Waals surface area (Å²) < 4.78 is 13.1. The van der Waals surface area contributed by atoms with Gasteiger partial charge >= 0.3 is 0 Å². The quantitative estimate of drug-likeness (QED) is 0.108. The van der Waals surface area contributed by atoms with E-state index in [2.05, 4.69) is 32.8 Å². The Balaban J connectivity index is 1.51. The van der Waals surface area contributed by atoms with Crippen molar-refractivity contribution in [1.82, 2.24) is 10.3 Å². The number of amides is 1. The zero-order valence-corrected chi connectivity index (χ0v) is 23.4. The summed E-state index contributed by atoms with van der Waals surface area (Å²) in [6.45, 7) is 6.99. The fourth-order valence-corrected chi connectivity index (χ4v) is 4.56. The van der Waals surface area contributed by atoms with Gasteiger partial charge in [-0.15, -0.1) is 6.58 Å². The Bertz CT molecular complexity index is 1530. The molecular formula is C32H30BrN3O3. The van der Waals surface area contributed by atoms with Crippen LogP contribution in [0.2, 0.25) is 0 Å². The van der Waals surface area contributed by atoms with Crippen LogP contribution in [0.3, 0.4) is 0 Å². The van der Waals surface area contributed by atoms with Crippen molar-refractivity contribution in [3.8, 4) is 17.6 Å². The SMILES string of the molecule is C=CCc1cc(/C=C(/C#N)C(=O)NCCc2c[nH]c3ccccc23)cc(OCC)c1OCc1ccc(Br)cc1. The molecule has 0 fully saturated rings. The maximum absolute atomic E-state index is 12.9. The summed E-state index contributed by atoms with van der Waals surface area (Å²) in [4.78, 5) is 16.1. The van der Waals surface area contributed by atoms with Gasteiger partial charge in [0.2, 0.25) is 0 Å². The van der Waals surface area contributed by atoms with Crippen molar-refractivity contribution < 1.29 is 14.3 Å². The molecule has 4 rings (SSSR count). The minimum Gasteiger partial charge on any atom is -0.490 e. The molecule has 0 radical (unpaired) electrons. The molecule has 198 valence electrons. The van der Waals surface area contributed by atoms with Crippen molar-refractivity contribution in [1.29, 1.82) is 5.26 Å². The van der Waals surface area contributed by atoms with Gasteiger partial charge in [0.15, 0.2) is 11.5 Å². The Labute approximate surface area is 237 Å². The van der Waals surface area contributed by atoms with Crippen LogP contribution in [0.15, 0.2) is 89.6 Å². The van der Waals surface area contributed by atoms with E-state index in [4.69, 9.17) is 9.47 Å². The number of ether oxygens (including phenoxy) is 2. The normalized spacial score (nSPS) is 11.2. The topological polar surface area (TPSA) is 87.1 Å². The monoisotopic (exact) mass is 583 g/mol. The number of nitriles is 1. The Kier molecular flexibility index (Phi) is 9.60. The highest BCUT2D eigenvalue weighted by Crippen LogP contribution is 2.35. The molecule has 0 aliphatic heterocycles. The Morgan fingerprint density at radius 1 is 1.13 bits per heavy atom. The first-order valence-electron chi connectivity index (χ1n) is 12.7. The number of hydrogen-bond donors (Lipinski definition) is 2. The van der Waals surface area contributed by atoms with Crippen molar-refractivity contribution in [3.05, 3.63) is 112 Å². The first-order chi connectivity index (χ1) is 19.0. The van der Waals surface area contributed by atoms with E-state index >= 15 is 0 Å². The Hall–Kier alpha value is -4.28. The number of halogens is 1. The van der Waals surface area contributed by atoms with E-state index < -0.39 is 5.91 Å². The molecule has 3 aromatic carbocycles. The predicted molar refractivity (Wildman–Crippen MR) is 159 cm³/mol. The number of aromatic amines is 1. The molecule has 0 saturated heterocycles. The standard InChI is InChI=1S/C32H30BrN3O3/c1-3-7-24-16-23(18-30(38-4-2)31(24)39-21-22-10-12-27(33)13-11-22)17-26(19-34)32(37)35-15-14-25-20-36-29-9-6-5-8-28(25)29/h3,5-6,8-13,16-18,20,36H,1,4,7,14-15,21H2,2H3,(H,35,37)/b26-17-. The van der Waals surface area contributed by atoms with Gasteiger partial charge in [0, 0.05) is 33.7 Å². The molecule has 0 aliphatic rings. The van der Waals surface area contributed by atoms with Gasteiger partial charge in [0.1, 0.15) is 18.2 Å². The highest BCUT2D eigenvalue weighted by Gasteiger charge is 2.15. The number of allylic oxidation sites excluding steroid dienone is 1. The van der Waals surface area contributed by atoms with Crippen molar-refractivity contribution in [2.45, 2.75) is 26.4 Å². The van der Waals surface area contributed by atoms with Gasteiger partial charge < -0.3 is 19.8 Å². The third-order valence-electron chi connectivity index (χ3n) is 6.15. The van der Waals surface area contributed by atoms with E-state index in [1.54, 1.807) is 18.2 Å². The lowest BCUT2D eigenvalue weighted by Gasteiger charge is -2.17. The van der Waals surface area contributed by atoms with E-state index in [1.807, 2.05) is 73.8 Å². The fourth-order valence-electron chi connectivity index (χ4n) is 4.30. The van der Waals surface area contributed by atoms with Gasteiger partial charge in [-0.05, 0) is 72.9 Å². The van der Waals surface area contributed by atoms with Gasteiger partial charge in [-0.3, -0.25) is 4.79 Å². The average Bonchev–Trinajstić information content (AvgIpc) is 3.35. The molecule has 4 aromatic rings. The van der Waals surface area contributed by atoms with Gasteiger partial charge in [-0.2, -0.15) is 5.26 Å². The van der Waals surface area contributed by atoms with Crippen LogP contribution >= 0.6 is 15.9 Å². The summed E-state index contributed by atoms with van der Waals surface area (Å²) in [5, 5.41) is 13.8. The lowest BCUT2D eigenvalue weighted by Crippen LogP contribution is -2.26.